The molecule has 12 nitrogen and oxygen atoms in total. The van der Waals surface area contributed by atoms with Gasteiger partial charge in [-0.05, 0) is 19.3 Å². The van der Waals surface area contributed by atoms with Crippen molar-refractivity contribution >= 4 is 35.6 Å². The van der Waals surface area contributed by atoms with E-state index in [4.69, 9.17) is 0 Å². The fraction of sp³-hybridized carbons (Fsp3) is 0.600. The van der Waals surface area contributed by atoms with Crippen LogP contribution in [0.25, 0.3) is 0 Å². The summed E-state index contributed by atoms with van der Waals surface area (Å²) in [4.78, 5) is 61.1. The van der Waals surface area contributed by atoms with Gasteiger partial charge >= 0.3 is 17.4 Å². The van der Waals surface area contributed by atoms with Crippen LogP contribution in [0.3, 0.4) is 0 Å². The van der Waals surface area contributed by atoms with E-state index < -0.39 is 36.0 Å². The summed E-state index contributed by atoms with van der Waals surface area (Å²) in [6, 6.07) is -2.26. The standard InChI is InChI=1S/3C5H7NO3.Cr/c3*7-4-2-1-3(6-4)5(8)9;/h3*3H,1-2H2,(H,6,7)(H,8,9);/q;;;+3/p-3. The number of aliphatic carboxylic acids is 3. The normalized spacial score (nSPS) is 24.9. The Labute approximate surface area is 170 Å². The smallest absolute Gasteiger partial charge is 0.548 e. The number of carboxylic acids is 3. The minimum Gasteiger partial charge on any atom is -0.548 e. The van der Waals surface area contributed by atoms with E-state index in [0.717, 1.165) is 0 Å². The molecule has 0 spiro atoms. The Hall–Kier alpha value is -2.65. The van der Waals surface area contributed by atoms with Crippen LogP contribution in [0.15, 0.2) is 0 Å². The van der Waals surface area contributed by atoms with Crippen molar-refractivity contribution < 1.29 is 61.4 Å². The van der Waals surface area contributed by atoms with Crippen molar-refractivity contribution in [3.63, 3.8) is 0 Å². The summed E-state index contributed by atoms with van der Waals surface area (Å²) in [6.07, 6.45) is 2.00. The van der Waals surface area contributed by atoms with Gasteiger partial charge in [0.15, 0.2) is 0 Å². The molecule has 13 heteroatoms. The summed E-state index contributed by atoms with van der Waals surface area (Å²) >= 11 is 0. The van der Waals surface area contributed by atoms with Crippen LogP contribution in [0, 0.1) is 0 Å². The molecular formula is C15H18CrN3O9. The van der Waals surface area contributed by atoms with Gasteiger partial charge in [-0.15, -0.1) is 0 Å². The number of hydrogen-bond donors (Lipinski definition) is 3. The first-order valence-corrected chi connectivity index (χ1v) is 8.10. The second kappa shape index (κ2) is 11.9. The van der Waals surface area contributed by atoms with Crippen LogP contribution in [0.4, 0.5) is 0 Å². The van der Waals surface area contributed by atoms with Crippen LogP contribution in [0.5, 0.6) is 0 Å². The minimum atomic E-state index is -1.19. The molecule has 0 saturated carbocycles. The number of amides is 3. The van der Waals surface area contributed by atoms with Gasteiger partial charge in [-0.3, -0.25) is 14.4 Å². The molecule has 28 heavy (non-hydrogen) atoms. The summed E-state index contributed by atoms with van der Waals surface area (Å²) in [5, 5.41) is 36.8. The molecule has 0 bridgehead atoms. The predicted molar refractivity (Wildman–Crippen MR) is 78.5 cm³/mol. The minimum absolute atomic E-state index is 0. The van der Waals surface area contributed by atoms with Crippen LogP contribution < -0.4 is 31.3 Å². The van der Waals surface area contributed by atoms with Crippen LogP contribution >= 0.6 is 0 Å². The Morgan fingerprint density at radius 1 is 0.607 bits per heavy atom. The number of carbonyl (C=O) groups is 6. The Kier molecular flexibility index (Phi) is 10.8. The van der Waals surface area contributed by atoms with E-state index >= 15 is 0 Å². The molecule has 3 heterocycles. The first-order chi connectivity index (χ1) is 12.6. The van der Waals surface area contributed by atoms with E-state index in [1.165, 1.54) is 0 Å². The Morgan fingerprint density at radius 3 is 0.893 bits per heavy atom. The molecule has 3 saturated heterocycles. The number of rotatable bonds is 3. The molecule has 3 fully saturated rings. The summed E-state index contributed by atoms with van der Waals surface area (Å²) in [7, 11) is 0. The third kappa shape index (κ3) is 8.83. The topological polar surface area (TPSA) is 208 Å². The summed E-state index contributed by atoms with van der Waals surface area (Å²) in [6.45, 7) is 0. The first kappa shape index (κ1) is 25.4. The largest absolute Gasteiger partial charge is 3.00 e. The fourth-order valence-corrected chi connectivity index (χ4v) is 2.37. The summed E-state index contributed by atoms with van der Waals surface area (Å²) in [5.41, 5.74) is 0. The van der Waals surface area contributed by atoms with Gasteiger partial charge in [-0.25, -0.2) is 0 Å². The van der Waals surface area contributed by atoms with Gasteiger partial charge in [0.1, 0.15) is 0 Å². The van der Waals surface area contributed by atoms with Crippen molar-refractivity contribution in [3.8, 4) is 0 Å². The van der Waals surface area contributed by atoms with E-state index in [2.05, 4.69) is 16.0 Å². The molecule has 0 aromatic heterocycles. The molecule has 3 N–H and O–H groups in total. The molecule has 3 atom stereocenters. The zero-order chi connectivity index (χ0) is 20.6. The van der Waals surface area contributed by atoms with Crippen LogP contribution in [0.1, 0.15) is 38.5 Å². The van der Waals surface area contributed by atoms with Crippen LogP contribution in [-0.2, 0) is 46.1 Å². The Morgan fingerprint density at radius 2 is 0.821 bits per heavy atom. The molecule has 3 amide bonds. The van der Waals surface area contributed by atoms with E-state index in [1.807, 2.05) is 0 Å². The van der Waals surface area contributed by atoms with E-state index in [9.17, 15) is 44.1 Å². The van der Waals surface area contributed by atoms with Gasteiger partial charge in [0, 0.05) is 19.3 Å². The van der Waals surface area contributed by atoms with Crippen LogP contribution in [0.2, 0.25) is 0 Å². The molecule has 3 aliphatic heterocycles. The van der Waals surface area contributed by atoms with Crippen molar-refractivity contribution in [2.24, 2.45) is 0 Å². The monoisotopic (exact) mass is 436 g/mol. The van der Waals surface area contributed by atoms with Crippen molar-refractivity contribution in [2.45, 2.75) is 56.7 Å². The average Bonchev–Trinajstić information content (AvgIpc) is 3.30. The van der Waals surface area contributed by atoms with E-state index in [1.54, 1.807) is 0 Å². The third-order valence-electron chi connectivity index (χ3n) is 3.84. The second-order valence-electron chi connectivity index (χ2n) is 5.93. The third-order valence-corrected chi connectivity index (χ3v) is 3.84. The fourth-order valence-electron chi connectivity index (χ4n) is 2.37. The molecule has 3 rings (SSSR count). The number of carboxylic acid groups (broad SMARTS) is 3. The Bertz CT molecular complexity index is 555. The van der Waals surface area contributed by atoms with Crippen molar-refractivity contribution in [2.75, 3.05) is 0 Å². The predicted octanol–water partition coefficient (Wildman–Crippen LogP) is -5.96. The summed E-state index contributed by atoms with van der Waals surface area (Å²) < 4.78 is 0. The van der Waals surface area contributed by atoms with E-state index in [-0.39, 0.29) is 35.1 Å². The molecule has 3 unspecified atom stereocenters. The molecule has 153 valence electrons. The summed E-state index contributed by atoms with van der Waals surface area (Å²) in [5.74, 6) is -4.19. The van der Waals surface area contributed by atoms with Gasteiger partial charge in [0.2, 0.25) is 17.7 Å². The molecule has 1 radical (unpaired) electrons. The number of hydrogen-bond acceptors (Lipinski definition) is 9. The van der Waals surface area contributed by atoms with Crippen molar-refractivity contribution in [1.29, 1.82) is 0 Å². The Balaban J connectivity index is 0.000000384. The molecule has 0 aromatic rings. The van der Waals surface area contributed by atoms with Gasteiger partial charge in [-0.2, -0.15) is 0 Å². The van der Waals surface area contributed by atoms with Gasteiger partial charge in [0.25, 0.3) is 0 Å². The van der Waals surface area contributed by atoms with Gasteiger partial charge in [-0.1, -0.05) is 0 Å². The SMILES string of the molecule is O=C1CCC(C(=O)[O-])N1.O=C1CCC(C(=O)[O-])N1.O=C1CCC(C(=O)[O-])N1.[Cr+3]. The van der Waals surface area contributed by atoms with Crippen LogP contribution in [-0.4, -0.2) is 53.8 Å². The maximum Gasteiger partial charge on any atom is 3.00 e. The average molecular weight is 436 g/mol. The zero-order valence-corrected chi connectivity index (χ0v) is 15.8. The second-order valence-corrected chi connectivity index (χ2v) is 5.93. The first-order valence-electron chi connectivity index (χ1n) is 8.10. The molecular weight excluding hydrogens is 418 g/mol. The maximum absolute atomic E-state index is 10.4. The molecule has 0 aliphatic carbocycles. The number of carbonyl (C=O) groups excluding carboxylic acids is 6. The molecule has 0 aromatic carbocycles. The zero-order valence-electron chi connectivity index (χ0n) is 14.6. The molecule has 3 aliphatic rings. The number of nitrogens with one attached hydrogen (secondary N) is 3. The van der Waals surface area contributed by atoms with E-state index in [0.29, 0.717) is 38.5 Å². The van der Waals surface area contributed by atoms with Crippen molar-refractivity contribution in [3.05, 3.63) is 0 Å². The quantitative estimate of drug-likeness (QED) is 0.384. The van der Waals surface area contributed by atoms with Gasteiger partial charge in [0.05, 0.1) is 36.0 Å². The van der Waals surface area contributed by atoms with Crippen molar-refractivity contribution in [1.82, 2.24) is 16.0 Å². The maximum atomic E-state index is 10.4. The van der Waals surface area contributed by atoms with Gasteiger partial charge < -0.3 is 45.7 Å².